The van der Waals surface area contributed by atoms with Crippen LogP contribution >= 0.6 is 0 Å². The molecule has 3 aromatic rings. The van der Waals surface area contributed by atoms with Crippen molar-refractivity contribution < 1.29 is 14.7 Å². The summed E-state index contributed by atoms with van der Waals surface area (Å²) in [5, 5.41) is 15.9. The Balaban J connectivity index is 1.96. The van der Waals surface area contributed by atoms with E-state index >= 15 is 0 Å². The first kappa shape index (κ1) is 17.2. The van der Waals surface area contributed by atoms with Crippen molar-refractivity contribution in [1.29, 1.82) is 0 Å². The minimum atomic E-state index is -0.817. The van der Waals surface area contributed by atoms with Gasteiger partial charge in [-0.05, 0) is 28.8 Å². The maximum atomic E-state index is 11.5. The Hall–Kier alpha value is -3.65. The van der Waals surface area contributed by atoms with Crippen LogP contribution in [0.1, 0.15) is 16.1 Å². The largest absolute Gasteiger partial charge is 0.392 e. The average molecular weight is 351 g/mol. The third-order valence-corrected chi connectivity index (χ3v) is 3.84. The lowest BCUT2D eigenvalue weighted by Gasteiger charge is -2.08. The summed E-state index contributed by atoms with van der Waals surface area (Å²) in [7, 11) is 0. The van der Waals surface area contributed by atoms with Crippen LogP contribution in [0.4, 0.5) is 10.5 Å². The molecule has 0 radical (unpaired) electrons. The second-order valence-electron chi connectivity index (χ2n) is 5.55. The van der Waals surface area contributed by atoms with Crippen LogP contribution in [0.5, 0.6) is 0 Å². The second-order valence-corrected chi connectivity index (χ2v) is 5.55. The molecule has 3 rings (SSSR count). The third-order valence-electron chi connectivity index (χ3n) is 3.84. The maximum absolute atomic E-state index is 11.5. The highest BCUT2D eigenvalue weighted by Gasteiger charge is 2.16. The molecular formula is C18H17N5O3. The first-order chi connectivity index (χ1) is 12.5. The normalized spacial score (nSPS) is 10.5. The van der Waals surface area contributed by atoms with E-state index in [4.69, 9.17) is 11.5 Å². The van der Waals surface area contributed by atoms with Gasteiger partial charge in [0.2, 0.25) is 0 Å². The van der Waals surface area contributed by atoms with Gasteiger partial charge in [-0.15, -0.1) is 0 Å². The van der Waals surface area contributed by atoms with Crippen molar-refractivity contribution in [3.63, 3.8) is 0 Å². The zero-order chi connectivity index (χ0) is 18.7. The van der Waals surface area contributed by atoms with Crippen LogP contribution < -0.4 is 16.8 Å². The van der Waals surface area contributed by atoms with Gasteiger partial charge in [-0.2, -0.15) is 5.10 Å². The fourth-order valence-electron chi connectivity index (χ4n) is 2.65. The number of primary amides is 2. The number of aliphatic hydroxyl groups is 1. The first-order valence-corrected chi connectivity index (χ1v) is 7.75. The molecule has 8 heteroatoms. The fourth-order valence-corrected chi connectivity index (χ4v) is 2.65. The molecule has 0 fully saturated rings. The molecule has 3 amide bonds. The summed E-state index contributed by atoms with van der Waals surface area (Å²) in [6.45, 7) is -0.0544. The van der Waals surface area contributed by atoms with Gasteiger partial charge in [0.15, 0.2) is 5.69 Å². The number of carbonyl (C=O) groups excluding carboxylic acids is 2. The van der Waals surface area contributed by atoms with E-state index in [-0.39, 0.29) is 18.0 Å². The van der Waals surface area contributed by atoms with Gasteiger partial charge in [0.05, 0.1) is 24.2 Å². The Labute approximate surface area is 149 Å². The van der Waals surface area contributed by atoms with Crippen molar-refractivity contribution in [2.24, 2.45) is 11.5 Å². The average Bonchev–Trinajstić information content (AvgIpc) is 3.05. The van der Waals surface area contributed by atoms with Crippen LogP contribution in [-0.4, -0.2) is 26.8 Å². The van der Waals surface area contributed by atoms with Crippen molar-refractivity contribution in [3.8, 4) is 16.8 Å². The molecule has 0 spiro atoms. The minimum absolute atomic E-state index is 0.0544. The van der Waals surface area contributed by atoms with E-state index in [2.05, 4.69) is 10.4 Å². The predicted molar refractivity (Wildman–Crippen MR) is 96.6 cm³/mol. The van der Waals surface area contributed by atoms with Gasteiger partial charge in [0.25, 0.3) is 5.91 Å². The van der Waals surface area contributed by atoms with Crippen LogP contribution in [0, 0.1) is 0 Å². The number of hydrogen-bond acceptors (Lipinski definition) is 4. The van der Waals surface area contributed by atoms with E-state index in [0.717, 1.165) is 16.7 Å². The Morgan fingerprint density at radius 3 is 2.38 bits per heavy atom. The summed E-state index contributed by atoms with van der Waals surface area (Å²) < 4.78 is 1.42. The quantitative estimate of drug-likeness (QED) is 0.555. The van der Waals surface area contributed by atoms with Crippen molar-refractivity contribution >= 4 is 17.6 Å². The summed E-state index contributed by atoms with van der Waals surface area (Å²) in [6, 6.07) is 14.1. The molecule has 0 bridgehead atoms. The Kier molecular flexibility index (Phi) is 4.68. The van der Waals surface area contributed by atoms with Gasteiger partial charge < -0.3 is 21.9 Å². The van der Waals surface area contributed by atoms with Crippen molar-refractivity contribution in [3.05, 3.63) is 66.0 Å². The first-order valence-electron chi connectivity index (χ1n) is 7.75. The minimum Gasteiger partial charge on any atom is -0.392 e. The number of rotatable bonds is 5. The van der Waals surface area contributed by atoms with E-state index < -0.39 is 11.9 Å². The number of hydrogen-bond donors (Lipinski definition) is 4. The number of aromatic nitrogens is 2. The van der Waals surface area contributed by atoms with E-state index in [1.54, 1.807) is 12.1 Å². The molecule has 0 aliphatic carbocycles. The molecule has 0 aliphatic heterocycles. The van der Waals surface area contributed by atoms with E-state index in [1.165, 1.54) is 10.9 Å². The lowest BCUT2D eigenvalue weighted by atomic mass is 10.00. The number of carbonyl (C=O) groups is 2. The molecule has 0 saturated heterocycles. The number of anilines is 1. The molecule has 0 atom stereocenters. The van der Waals surface area contributed by atoms with Crippen LogP contribution in [0.2, 0.25) is 0 Å². The van der Waals surface area contributed by atoms with Crippen LogP contribution in [0.15, 0.2) is 54.7 Å². The number of nitrogens with one attached hydrogen (secondary N) is 1. The number of aliphatic hydroxyl groups excluding tert-OH is 1. The fraction of sp³-hybridized carbons (Fsp3) is 0.0556. The molecule has 26 heavy (non-hydrogen) atoms. The highest BCUT2D eigenvalue weighted by Crippen LogP contribution is 2.25. The van der Waals surface area contributed by atoms with Gasteiger partial charge >= 0.3 is 6.03 Å². The topological polar surface area (TPSA) is 136 Å². The molecule has 2 aromatic carbocycles. The maximum Gasteiger partial charge on any atom is 0.316 e. The van der Waals surface area contributed by atoms with Crippen molar-refractivity contribution in [2.45, 2.75) is 6.61 Å². The van der Waals surface area contributed by atoms with E-state index in [9.17, 15) is 14.7 Å². The molecule has 0 saturated carbocycles. The van der Waals surface area contributed by atoms with Crippen LogP contribution in [-0.2, 0) is 6.61 Å². The number of nitrogens with two attached hydrogens (primary N) is 2. The zero-order valence-electron chi connectivity index (χ0n) is 13.7. The molecule has 132 valence electrons. The number of nitrogens with zero attached hydrogens (tertiary/aromatic N) is 2. The van der Waals surface area contributed by atoms with E-state index in [0.29, 0.717) is 5.69 Å². The Morgan fingerprint density at radius 1 is 1.08 bits per heavy atom. The highest BCUT2D eigenvalue weighted by molar-refractivity contribution is 6.00. The SMILES string of the molecule is NC(=O)Nc1cn(-c2ccc(-c3ccccc3CO)cc2)nc1C(N)=O. The van der Waals surface area contributed by atoms with Crippen molar-refractivity contribution in [1.82, 2.24) is 9.78 Å². The summed E-state index contributed by atoms with van der Waals surface area (Å²) in [5.74, 6) is -0.777. The lowest BCUT2D eigenvalue weighted by Crippen LogP contribution is -2.22. The second kappa shape index (κ2) is 7.08. The highest BCUT2D eigenvalue weighted by atomic mass is 16.3. The monoisotopic (exact) mass is 351 g/mol. The molecule has 0 unspecified atom stereocenters. The van der Waals surface area contributed by atoms with Gasteiger partial charge in [-0.1, -0.05) is 36.4 Å². The summed E-state index contributed by atoms with van der Waals surface area (Å²) >= 11 is 0. The molecule has 0 aliphatic rings. The lowest BCUT2D eigenvalue weighted by molar-refractivity contribution is 0.0996. The number of urea groups is 1. The van der Waals surface area contributed by atoms with Crippen LogP contribution in [0.25, 0.3) is 16.8 Å². The van der Waals surface area contributed by atoms with Crippen LogP contribution in [0.3, 0.4) is 0 Å². The predicted octanol–water partition coefficient (Wildman–Crippen LogP) is 1.62. The summed E-state index contributed by atoms with van der Waals surface area (Å²) in [5.41, 5.74) is 13.8. The van der Waals surface area contributed by atoms with Gasteiger partial charge in [-0.25, -0.2) is 9.48 Å². The summed E-state index contributed by atoms with van der Waals surface area (Å²) in [4.78, 5) is 22.5. The number of amides is 3. The molecule has 6 N–H and O–H groups in total. The van der Waals surface area contributed by atoms with Crippen molar-refractivity contribution in [2.75, 3.05) is 5.32 Å². The molecule has 1 heterocycles. The van der Waals surface area contributed by atoms with E-state index in [1.807, 2.05) is 36.4 Å². The van der Waals surface area contributed by atoms with Gasteiger partial charge in [0.1, 0.15) is 0 Å². The Morgan fingerprint density at radius 2 is 1.77 bits per heavy atom. The standard InChI is InChI=1S/C18H17N5O3/c19-17(25)16-15(21-18(20)26)9-23(22-16)13-7-5-11(6-8-13)14-4-2-1-3-12(14)10-24/h1-9,24H,10H2,(H2,19,25)(H3,20,21,26). The zero-order valence-corrected chi connectivity index (χ0v) is 13.7. The third kappa shape index (κ3) is 3.40. The molecular weight excluding hydrogens is 334 g/mol. The summed E-state index contributed by atoms with van der Waals surface area (Å²) in [6.07, 6.45) is 1.46. The molecule has 1 aromatic heterocycles. The van der Waals surface area contributed by atoms with Gasteiger partial charge in [-0.3, -0.25) is 4.79 Å². The number of benzene rings is 2. The molecule has 8 nitrogen and oxygen atoms in total. The van der Waals surface area contributed by atoms with Gasteiger partial charge in [0, 0.05) is 0 Å². The Bertz CT molecular complexity index is 963. The smallest absolute Gasteiger partial charge is 0.316 e.